The standard InChI is InChI=1S/C22H23N3O2/c1-15-12-18-9-8-17(13-16-6-4-3-5-7-16)14-25(18)19(15)20(26)24-22(2)10-11-23-21(22)27/h3-9,12,14H,10-11,13H2,1-2H3,(H,23,27)(H,24,26). The number of nitrogens with one attached hydrogen (secondary N) is 2. The summed E-state index contributed by atoms with van der Waals surface area (Å²) in [5.41, 5.74) is 3.95. The molecule has 2 N–H and O–H groups in total. The molecule has 1 aliphatic rings. The Morgan fingerprint density at radius 3 is 2.67 bits per heavy atom. The minimum atomic E-state index is -0.852. The van der Waals surface area contributed by atoms with Crippen molar-refractivity contribution in [3.05, 3.63) is 77.1 Å². The summed E-state index contributed by atoms with van der Waals surface area (Å²) in [6.45, 7) is 4.29. The third-order valence-corrected chi connectivity index (χ3v) is 5.29. The lowest BCUT2D eigenvalue weighted by molar-refractivity contribution is -0.123. The molecule has 2 amide bonds. The van der Waals surface area contributed by atoms with Gasteiger partial charge in [0.1, 0.15) is 11.2 Å². The van der Waals surface area contributed by atoms with Crippen LogP contribution in [0.3, 0.4) is 0 Å². The van der Waals surface area contributed by atoms with Gasteiger partial charge in [-0.1, -0.05) is 36.4 Å². The van der Waals surface area contributed by atoms with Crippen molar-refractivity contribution in [1.82, 2.24) is 15.0 Å². The van der Waals surface area contributed by atoms with Gasteiger partial charge in [0.15, 0.2) is 0 Å². The number of carbonyl (C=O) groups is 2. The average Bonchev–Trinajstić information content (AvgIpc) is 3.14. The summed E-state index contributed by atoms with van der Waals surface area (Å²) in [5, 5.41) is 5.73. The van der Waals surface area contributed by atoms with Gasteiger partial charge in [0.05, 0.1) is 0 Å². The first kappa shape index (κ1) is 17.3. The predicted octanol–water partition coefficient (Wildman–Crippen LogP) is 2.85. The zero-order chi connectivity index (χ0) is 19.0. The van der Waals surface area contributed by atoms with Crippen molar-refractivity contribution in [2.24, 2.45) is 0 Å². The van der Waals surface area contributed by atoms with Crippen molar-refractivity contribution in [3.63, 3.8) is 0 Å². The molecule has 0 aliphatic carbocycles. The molecule has 27 heavy (non-hydrogen) atoms. The quantitative estimate of drug-likeness (QED) is 0.751. The first-order valence-corrected chi connectivity index (χ1v) is 9.22. The van der Waals surface area contributed by atoms with E-state index in [9.17, 15) is 9.59 Å². The topological polar surface area (TPSA) is 62.6 Å². The molecule has 1 atom stereocenters. The van der Waals surface area contributed by atoms with Gasteiger partial charge in [-0.3, -0.25) is 9.59 Å². The molecule has 5 nitrogen and oxygen atoms in total. The van der Waals surface area contributed by atoms with Crippen molar-refractivity contribution in [3.8, 4) is 0 Å². The summed E-state index contributed by atoms with van der Waals surface area (Å²) in [5.74, 6) is -0.344. The molecule has 3 heterocycles. The third-order valence-electron chi connectivity index (χ3n) is 5.29. The van der Waals surface area contributed by atoms with Crippen LogP contribution in [-0.2, 0) is 11.2 Å². The molecule has 4 rings (SSSR count). The minimum Gasteiger partial charge on any atom is -0.354 e. The van der Waals surface area contributed by atoms with Gasteiger partial charge in [0.25, 0.3) is 5.91 Å². The number of aryl methyl sites for hydroxylation is 1. The first-order chi connectivity index (χ1) is 13.0. The van der Waals surface area contributed by atoms with Gasteiger partial charge in [0, 0.05) is 18.3 Å². The number of benzene rings is 1. The van der Waals surface area contributed by atoms with E-state index in [4.69, 9.17) is 0 Å². The highest BCUT2D eigenvalue weighted by atomic mass is 16.2. The second kappa shape index (κ2) is 6.58. The molecule has 0 bridgehead atoms. The molecule has 1 saturated heterocycles. The van der Waals surface area contributed by atoms with Crippen molar-refractivity contribution in [2.75, 3.05) is 6.54 Å². The number of amides is 2. The Bertz CT molecular complexity index is 1020. The number of fused-ring (bicyclic) bond motifs is 1. The first-order valence-electron chi connectivity index (χ1n) is 9.22. The van der Waals surface area contributed by atoms with E-state index in [1.807, 2.05) is 47.9 Å². The number of pyridine rings is 1. The third kappa shape index (κ3) is 3.21. The SMILES string of the molecule is Cc1cc2ccc(Cc3ccccc3)cn2c1C(=O)NC1(C)CCNC1=O. The average molecular weight is 361 g/mol. The van der Waals surface area contributed by atoms with Crippen molar-refractivity contribution in [2.45, 2.75) is 32.2 Å². The zero-order valence-corrected chi connectivity index (χ0v) is 15.6. The van der Waals surface area contributed by atoms with Gasteiger partial charge >= 0.3 is 0 Å². The van der Waals surface area contributed by atoms with Crippen molar-refractivity contribution >= 4 is 17.3 Å². The van der Waals surface area contributed by atoms with E-state index in [1.54, 1.807) is 6.92 Å². The Labute approximate surface area is 158 Å². The summed E-state index contributed by atoms with van der Waals surface area (Å²) in [6.07, 6.45) is 3.41. The fourth-order valence-corrected chi connectivity index (χ4v) is 3.74. The van der Waals surface area contributed by atoms with Crippen LogP contribution >= 0.6 is 0 Å². The minimum absolute atomic E-state index is 0.126. The largest absolute Gasteiger partial charge is 0.354 e. The van der Waals surface area contributed by atoms with Crippen molar-refractivity contribution < 1.29 is 9.59 Å². The van der Waals surface area contributed by atoms with Crippen LogP contribution in [0.1, 0.15) is 40.5 Å². The highest BCUT2D eigenvalue weighted by Crippen LogP contribution is 2.21. The molecule has 138 valence electrons. The van der Waals surface area contributed by atoms with Crippen LogP contribution in [-0.4, -0.2) is 28.3 Å². The highest BCUT2D eigenvalue weighted by Gasteiger charge is 2.39. The van der Waals surface area contributed by atoms with E-state index in [0.717, 1.165) is 23.1 Å². The van der Waals surface area contributed by atoms with Crippen LogP contribution in [0.2, 0.25) is 0 Å². The normalized spacial score (nSPS) is 19.3. The molecule has 1 aromatic carbocycles. The second-order valence-corrected chi connectivity index (χ2v) is 7.46. The lowest BCUT2D eigenvalue weighted by Crippen LogP contribution is -2.51. The highest BCUT2D eigenvalue weighted by molar-refractivity contribution is 6.00. The van der Waals surface area contributed by atoms with Gasteiger partial charge in [-0.2, -0.15) is 0 Å². The van der Waals surface area contributed by atoms with Gasteiger partial charge in [-0.05, 0) is 55.5 Å². The fraction of sp³-hybridized carbons (Fsp3) is 0.273. The summed E-state index contributed by atoms with van der Waals surface area (Å²) in [7, 11) is 0. The molecule has 2 aromatic heterocycles. The van der Waals surface area contributed by atoms with E-state index in [2.05, 4.69) is 28.8 Å². The second-order valence-electron chi connectivity index (χ2n) is 7.46. The number of aromatic nitrogens is 1. The number of carbonyl (C=O) groups excluding carboxylic acids is 2. The molecule has 3 aromatic rings. The van der Waals surface area contributed by atoms with E-state index < -0.39 is 5.54 Å². The van der Waals surface area contributed by atoms with Crippen LogP contribution in [0.15, 0.2) is 54.7 Å². The smallest absolute Gasteiger partial charge is 0.269 e. The Morgan fingerprint density at radius 1 is 1.19 bits per heavy atom. The Kier molecular flexibility index (Phi) is 4.22. The van der Waals surface area contributed by atoms with Gasteiger partial charge in [0.2, 0.25) is 5.91 Å². The maximum Gasteiger partial charge on any atom is 0.269 e. The van der Waals surface area contributed by atoms with E-state index >= 15 is 0 Å². The summed E-state index contributed by atoms with van der Waals surface area (Å²) < 4.78 is 1.93. The van der Waals surface area contributed by atoms with Crippen LogP contribution in [0.25, 0.3) is 5.52 Å². The molecule has 5 heteroatoms. The van der Waals surface area contributed by atoms with Crippen LogP contribution in [0.4, 0.5) is 0 Å². The van der Waals surface area contributed by atoms with Gasteiger partial charge in [-0.25, -0.2) is 0 Å². The van der Waals surface area contributed by atoms with Crippen LogP contribution in [0, 0.1) is 6.92 Å². The van der Waals surface area contributed by atoms with E-state index in [0.29, 0.717) is 18.7 Å². The van der Waals surface area contributed by atoms with Gasteiger partial charge in [-0.15, -0.1) is 0 Å². The Balaban J connectivity index is 1.67. The predicted molar refractivity (Wildman–Crippen MR) is 105 cm³/mol. The molecule has 0 saturated carbocycles. The number of hydrogen-bond donors (Lipinski definition) is 2. The number of nitrogens with zero attached hydrogens (tertiary/aromatic N) is 1. The maximum absolute atomic E-state index is 13.0. The number of hydrogen-bond acceptors (Lipinski definition) is 2. The zero-order valence-electron chi connectivity index (χ0n) is 15.6. The van der Waals surface area contributed by atoms with Crippen LogP contribution in [0.5, 0.6) is 0 Å². The molecule has 1 fully saturated rings. The summed E-state index contributed by atoms with van der Waals surface area (Å²) in [4.78, 5) is 25.1. The van der Waals surface area contributed by atoms with Crippen LogP contribution < -0.4 is 10.6 Å². The molecular weight excluding hydrogens is 338 g/mol. The van der Waals surface area contributed by atoms with Crippen molar-refractivity contribution in [1.29, 1.82) is 0 Å². The Hall–Kier alpha value is -3.08. The molecule has 1 aliphatic heterocycles. The van der Waals surface area contributed by atoms with E-state index in [-0.39, 0.29) is 11.8 Å². The summed E-state index contributed by atoms with van der Waals surface area (Å²) in [6, 6.07) is 16.4. The summed E-state index contributed by atoms with van der Waals surface area (Å²) >= 11 is 0. The Morgan fingerprint density at radius 2 is 1.96 bits per heavy atom. The molecule has 0 radical (unpaired) electrons. The monoisotopic (exact) mass is 361 g/mol. The molecule has 0 spiro atoms. The number of rotatable bonds is 4. The van der Waals surface area contributed by atoms with Gasteiger partial charge < -0.3 is 15.0 Å². The molecule has 1 unspecified atom stereocenters. The lowest BCUT2D eigenvalue weighted by atomic mass is 10.0. The lowest BCUT2D eigenvalue weighted by Gasteiger charge is -2.22. The fourth-order valence-electron chi connectivity index (χ4n) is 3.74. The maximum atomic E-state index is 13.0. The molecular formula is C22H23N3O2. The van der Waals surface area contributed by atoms with E-state index in [1.165, 1.54) is 5.56 Å².